The molecular formula is C16H17N5. The van der Waals surface area contributed by atoms with Gasteiger partial charge in [0.1, 0.15) is 11.6 Å². The average molecular weight is 279 g/mol. The van der Waals surface area contributed by atoms with Crippen LogP contribution >= 0.6 is 0 Å². The Balaban J connectivity index is 2.06. The molecule has 0 aliphatic heterocycles. The molecule has 1 aromatic carbocycles. The number of benzene rings is 1. The SMILES string of the molecule is CCc1nc(N)c(C)c(-n2cc(-c3ccccc3)cn2)n1. The standard InChI is InChI=1S/C16H17N5/c1-3-14-19-15(17)11(2)16(20-14)21-10-13(9-18-21)12-7-5-4-6-8-12/h4-10H,3H2,1-2H3,(H2,17,19,20). The summed E-state index contributed by atoms with van der Waals surface area (Å²) in [5, 5.41) is 4.41. The van der Waals surface area contributed by atoms with Gasteiger partial charge in [-0.1, -0.05) is 37.3 Å². The van der Waals surface area contributed by atoms with Crippen molar-refractivity contribution in [2.45, 2.75) is 20.3 Å². The first-order valence-corrected chi connectivity index (χ1v) is 6.92. The van der Waals surface area contributed by atoms with E-state index in [1.165, 1.54) is 0 Å². The van der Waals surface area contributed by atoms with E-state index in [1.54, 1.807) is 4.68 Å². The first-order chi connectivity index (χ1) is 10.2. The third kappa shape index (κ3) is 2.50. The van der Waals surface area contributed by atoms with Crippen LogP contribution in [0.5, 0.6) is 0 Å². The summed E-state index contributed by atoms with van der Waals surface area (Å²) in [6, 6.07) is 10.1. The molecule has 0 radical (unpaired) electrons. The van der Waals surface area contributed by atoms with Crippen LogP contribution < -0.4 is 5.73 Å². The third-order valence-electron chi connectivity index (χ3n) is 3.43. The van der Waals surface area contributed by atoms with Crippen molar-refractivity contribution in [2.24, 2.45) is 0 Å². The predicted molar refractivity (Wildman–Crippen MR) is 83.1 cm³/mol. The summed E-state index contributed by atoms with van der Waals surface area (Å²) in [7, 11) is 0. The number of aromatic nitrogens is 4. The van der Waals surface area contributed by atoms with E-state index in [-0.39, 0.29) is 0 Å². The molecule has 5 heteroatoms. The number of nitrogens with zero attached hydrogens (tertiary/aromatic N) is 4. The van der Waals surface area contributed by atoms with Crippen molar-refractivity contribution in [2.75, 3.05) is 5.73 Å². The maximum absolute atomic E-state index is 5.96. The maximum Gasteiger partial charge on any atom is 0.162 e. The van der Waals surface area contributed by atoms with Crippen molar-refractivity contribution in [1.29, 1.82) is 0 Å². The lowest BCUT2D eigenvalue weighted by atomic mass is 10.1. The Bertz CT molecular complexity index is 762. The monoisotopic (exact) mass is 279 g/mol. The van der Waals surface area contributed by atoms with Gasteiger partial charge in [0.25, 0.3) is 0 Å². The van der Waals surface area contributed by atoms with Crippen molar-refractivity contribution >= 4 is 5.82 Å². The number of nitrogens with two attached hydrogens (primary N) is 1. The summed E-state index contributed by atoms with van der Waals surface area (Å²) in [6.45, 7) is 3.92. The lowest BCUT2D eigenvalue weighted by molar-refractivity contribution is 0.805. The molecule has 0 aliphatic carbocycles. The predicted octanol–water partition coefficient (Wildman–Crippen LogP) is 2.78. The van der Waals surface area contributed by atoms with Gasteiger partial charge in [-0.25, -0.2) is 14.6 Å². The first-order valence-electron chi connectivity index (χ1n) is 6.92. The lowest BCUT2D eigenvalue weighted by Gasteiger charge is -2.08. The lowest BCUT2D eigenvalue weighted by Crippen LogP contribution is -2.09. The van der Waals surface area contributed by atoms with E-state index in [0.717, 1.165) is 34.8 Å². The Morgan fingerprint density at radius 3 is 2.57 bits per heavy atom. The molecule has 0 bridgehead atoms. The quantitative estimate of drug-likeness (QED) is 0.800. The number of anilines is 1. The molecule has 0 saturated carbocycles. The van der Waals surface area contributed by atoms with Gasteiger partial charge in [-0.3, -0.25) is 0 Å². The van der Waals surface area contributed by atoms with E-state index >= 15 is 0 Å². The molecule has 0 saturated heterocycles. The second kappa shape index (κ2) is 5.36. The smallest absolute Gasteiger partial charge is 0.162 e. The topological polar surface area (TPSA) is 69.6 Å². The number of hydrogen-bond acceptors (Lipinski definition) is 4. The maximum atomic E-state index is 5.96. The van der Waals surface area contributed by atoms with Crippen LogP contribution in [-0.2, 0) is 6.42 Å². The van der Waals surface area contributed by atoms with Gasteiger partial charge in [-0.15, -0.1) is 0 Å². The van der Waals surface area contributed by atoms with E-state index in [0.29, 0.717) is 5.82 Å². The van der Waals surface area contributed by atoms with Crippen molar-refractivity contribution < 1.29 is 0 Å². The van der Waals surface area contributed by atoms with Gasteiger partial charge in [0.15, 0.2) is 5.82 Å². The summed E-state index contributed by atoms with van der Waals surface area (Å²) in [5.74, 6) is 1.97. The Kier molecular flexibility index (Phi) is 3.39. The fraction of sp³-hybridized carbons (Fsp3) is 0.188. The molecular weight excluding hydrogens is 262 g/mol. The van der Waals surface area contributed by atoms with Crippen LogP contribution in [0.3, 0.4) is 0 Å². The Morgan fingerprint density at radius 1 is 1.10 bits per heavy atom. The minimum atomic E-state index is 0.508. The summed E-state index contributed by atoms with van der Waals surface area (Å²) in [5.41, 5.74) is 8.97. The number of nitrogen functional groups attached to an aromatic ring is 1. The molecule has 2 heterocycles. The summed E-state index contributed by atoms with van der Waals surface area (Å²) < 4.78 is 1.76. The molecule has 0 aliphatic rings. The van der Waals surface area contributed by atoms with Crippen molar-refractivity contribution in [3.05, 3.63) is 54.1 Å². The van der Waals surface area contributed by atoms with Crippen molar-refractivity contribution in [1.82, 2.24) is 19.7 Å². The van der Waals surface area contributed by atoms with Crippen molar-refractivity contribution in [3.63, 3.8) is 0 Å². The zero-order valence-electron chi connectivity index (χ0n) is 12.1. The summed E-state index contributed by atoms with van der Waals surface area (Å²) >= 11 is 0. The first kappa shape index (κ1) is 13.3. The van der Waals surface area contributed by atoms with Gasteiger partial charge in [0.2, 0.25) is 0 Å². The second-order valence-electron chi connectivity index (χ2n) is 4.87. The average Bonchev–Trinajstić information content (AvgIpc) is 3.00. The van der Waals surface area contributed by atoms with Gasteiger partial charge < -0.3 is 5.73 Å². The van der Waals surface area contributed by atoms with E-state index < -0.39 is 0 Å². The Labute approximate surface area is 123 Å². The van der Waals surface area contributed by atoms with Crippen LogP contribution in [0.25, 0.3) is 16.9 Å². The molecule has 21 heavy (non-hydrogen) atoms. The summed E-state index contributed by atoms with van der Waals surface area (Å²) in [4.78, 5) is 8.81. The van der Waals surface area contributed by atoms with Crippen LogP contribution in [0.4, 0.5) is 5.82 Å². The molecule has 106 valence electrons. The molecule has 0 spiro atoms. The highest BCUT2D eigenvalue weighted by atomic mass is 15.3. The molecule has 5 nitrogen and oxygen atoms in total. The summed E-state index contributed by atoms with van der Waals surface area (Å²) in [6.07, 6.45) is 4.53. The number of hydrogen-bond donors (Lipinski definition) is 1. The third-order valence-corrected chi connectivity index (χ3v) is 3.43. The van der Waals surface area contributed by atoms with Crippen LogP contribution in [0, 0.1) is 6.92 Å². The molecule has 0 amide bonds. The molecule has 3 rings (SSSR count). The van der Waals surface area contributed by atoms with Crippen molar-refractivity contribution in [3.8, 4) is 16.9 Å². The number of aryl methyl sites for hydroxylation is 1. The zero-order chi connectivity index (χ0) is 14.8. The van der Waals surface area contributed by atoms with Gasteiger partial charge in [0.05, 0.1) is 6.20 Å². The molecule has 0 atom stereocenters. The molecule has 0 fully saturated rings. The van der Waals surface area contributed by atoms with E-state index in [9.17, 15) is 0 Å². The molecule has 3 aromatic rings. The molecule has 0 unspecified atom stereocenters. The van der Waals surface area contributed by atoms with Crippen LogP contribution in [0.15, 0.2) is 42.7 Å². The zero-order valence-corrected chi connectivity index (χ0v) is 12.1. The fourth-order valence-corrected chi connectivity index (χ4v) is 2.17. The van der Waals surface area contributed by atoms with Gasteiger partial charge >= 0.3 is 0 Å². The highest BCUT2D eigenvalue weighted by molar-refractivity contribution is 5.62. The van der Waals surface area contributed by atoms with Crippen LogP contribution in [-0.4, -0.2) is 19.7 Å². The number of rotatable bonds is 3. The Hall–Kier alpha value is -2.69. The van der Waals surface area contributed by atoms with Crippen LogP contribution in [0.2, 0.25) is 0 Å². The highest BCUT2D eigenvalue weighted by Gasteiger charge is 2.11. The molecule has 2 N–H and O–H groups in total. The van der Waals surface area contributed by atoms with Gasteiger partial charge in [0, 0.05) is 23.7 Å². The fourth-order valence-electron chi connectivity index (χ4n) is 2.17. The van der Waals surface area contributed by atoms with E-state index in [4.69, 9.17) is 5.73 Å². The molecule has 2 aromatic heterocycles. The Morgan fingerprint density at radius 2 is 1.86 bits per heavy atom. The van der Waals surface area contributed by atoms with Gasteiger partial charge in [-0.05, 0) is 12.5 Å². The second-order valence-corrected chi connectivity index (χ2v) is 4.87. The van der Waals surface area contributed by atoms with E-state index in [1.807, 2.05) is 44.4 Å². The minimum Gasteiger partial charge on any atom is -0.383 e. The minimum absolute atomic E-state index is 0.508. The normalized spacial score (nSPS) is 10.8. The largest absolute Gasteiger partial charge is 0.383 e. The van der Waals surface area contributed by atoms with E-state index in [2.05, 4.69) is 27.2 Å². The van der Waals surface area contributed by atoms with Crippen LogP contribution in [0.1, 0.15) is 18.3 Å². The van der Waals surface area contributed by atoms with Gasteiger partial charge in [-0.2, -0.15) is 5.10 Å². The highest BCUT2D eigenvalue weighted by Crippen LogP contribution is 2.21.